The normalized spacial score (nSPS) is 10.5. The molecule has 0 unspecified atom stereocenters. The van der Waals surface area contributed by atoms with Crippen molar-refractivity contribution in [3.8, 4) is 17.0 Å². The van der Waals surface area contributed by atoms with E-state index in [4.69, 9.17) is 4.74 Å². The van der Waals surface area contributed by atoms with Crippen LogP contribution < -0.4 is 15.4 Å². The van der Waals surface area contributed by atoms with Gasteiger partial charge in [-0.05, 0) is 24.3 Å². The molecule has 2 aromatic carbocycles. The molecular formula is C21H17N5O2. The second-order valence-corrected chi connectivity index (χ2v) is 5.98. The van der Waals surface area contributed by atoms with Crippen LogP contribution in [0.5, 0.6) is 5.75 Å². The van der Waals surface area contributed by atoms with Gasteiger partial charge in [-0.2, -0.15) is 0 Å². The summed E-state index contributed by atoms with van der Waals surface area (Å²) < 4.78 is 5.11. The summed E-state index contributed by atoms with van der Waals surface area (Å²) in [4.78, 5) is 25.6. The summed E-state index contributed by atoms with van der Waals surface area (Å²) in [7, 11) is 1.59. The molecule has 2 amide bonds. The molecule has 2 aromatic heterocycles. The van der Waals surface area contributed by atoms with Crippen molar-refractivity contribution >= 4 is 28.4 Å². The van der Waals surface area contributed by atoms with Gasteiger partial charge in [0.15, 0.2) is 0 Å². The fourth-order valence-corrected chi connectivity index (χ4v) is 2.74. The number of amides is 2. The van der Waals surface area contributed by atoms with E-state index in [1.807, 2.05) is 30.3 Å². The minimum Gasteiger partial charge on any atom is -0.497 e. The topological polar surface area (TPSA) is 89.0 Å². The number of fused-ring (bicyclic) bond motifs is 1. The lowest BCUT2D eigenvalue weighted by molar-refractivity contribution is 0.262. The van der Waals surface area contributed by atoms with Gasteiger partial charge in [0.2, 0.25) is 0 Å². The Bertz CT molecular complexity index is 1110. The maximum Gasteiger partial charge on any atom is 0.323 e. The smallest absolute Gasteiger partial charge is 0.323 e. The highest BCUT2D eigenvalue weighted by Gasteiger charge is 2.10. The van der Waals surface area contributed by atoms with Crippen LogP contribution in [0.3, 0.4) is 0 Å². The lowest BCUT2D eigenvalue weighted by Gasteiger charge is -2.10. The molecule has 0 radical (unpaired) electrons. The van der Waals surface area contributed by atoms with Crippen molar-refractivity contribution in [3.63, 3.8) is 0 Å². The Hall–Kier alpha value is -4.00. The summed E-state index contributed by atoms with van der Waals surface area (Å²) >= 11 is 0. The molecule has 0 fully saturated rings. The number of hydrogen-bond donors (Lipinski definition) is 2. The summed E-state index contributed by atoms with van der Waals surface area (Å²) in [6.07, 6.45) is 4.86. The minimum absolute atomic E-state index is 0.395. The number of rotatable bonds is 4. The predicted molar refractivity (Wildman–Crippen MR) is 108 cm³/mol. The van der Waals surface area contributed by atoms with Gasteiger partial charge in [-0.3, -0.25) is 9.97 Å². The number of urea groups is 1. The van der Waals surface area contributed by atoms with Crippen LogP contribution in [0.25, 0.3) is 22.3 Å². The summed E-state index contributed by atoms with van der Waals surface area (Å²) in [5.74, 6) is 0.716. The Morgan fingerprint density at radius 1 is 0.929 bits per heavy atom. The summed E-state index contributed by atoms with van der Waals surface area (Å²) in [6.45, 7) is 0. The Kier molecular flexibility index (Phi) is 4.79. The highest BCUT2D eigenvalue weighted by Crippen LogP contribution is 2.23. The van der Waals surface area contributed by atoms with Gasteiger partial charge >= 0.3 is 6.03 Å². The average Bonchev–Trinajstić information content (AvgIpc) is 2.75. The number of methoxy groups -OCH3 is 1. The molecule has 7 heteroatoms. The molecule has 138 valence electrons. The molecule has 2 heterocycles. The molecule has 0 saturated carbocycles. The van der Waals surface area contributed by atoms with Crippen molar-refractivity contribution in [2.45, 2.75) is 0 Å². The SMILES string of the molecule is COc1ccc(NC(=O)Nc2cncc3nc(-c4ccccc4)cnc23)cc1. The fraction of sp³-hybridized carbons (Fsp3) is 0.0476. The zero-order chi connectivity index (χ0) is 19.3. The van der Waals surface area contributed by atoms with E-state index in [9.17, 15) is 4.79 Å². The largest absolute Gasteiger partial charge is 0.497 e. The molecule has 0 aliphatic rings. The Labute approximate surface area is 161 Å². The number of carbonyl (C=O) groups excluding carboxylic acids is 1. The van der Waals surface area contributed by atoms with Gasteiger partial charge in [-0.1, -0.05) is 30.3 Å². The van der Waals surface area contributed by atoms with Crippen molar-refractivity contribution in [2.75, 3.05) is 17.7 Å². The monoisotopic (exact) mass is 371 g/mol. The second kappa shape index (κ2) is 7.71. The van der Waals surface area contributed by atoms with Crippen molar-refractivity contribution < 1.29 is 9.53 Å². The highest BCUT2D eigenvalue weighted by molar-refractivity contribution is 6.04. The number of benzene rings is 2. The number of nitrogens with zero attached hydrogens (tertiary/aromatic N) is 3. The van der Waals surface area contributed by atoms with Crippen molar-refractivity contribution in [1.82, 2.24) is 15.0 Å². The summed E-state index contributed by atoms with van der Waals surface area (Å²) in [5.41, 5.74) is 4.00. The van der Waals surface area contributed by atoms with Gasteiger partial charge in [0.1, 0.15) is 16.8 Å². The van der Waals surface area contributed by atoms with Crippen LogP contribution in [0.15, 0.2) is 73.2 Å². The number of aromatic nitrogens is 3. The van der Waals surface area contributed by atoms with Gasteiger partial charge < -0.3 is 15.4 Å². The third-order valence-corrected chi connectivity index (χ3v) is 4.12. The first-order valence-corrected chi connectivity index (χ1v) is 8.61. The number of pyridine rings is 1. The van der Waals surface area contributed by atoms with Gasteiger partial charge in [-0.25, -0.2) is 9.78 Å². The number of anilines is 2. The van der Waals surface area contributed by atoms with Crippen LogP contribution in [0, 0.1) is 0 Å². The standard InChI is InChI=1S/C21H17N5O2/c1-28-16-9-7-15(8-10-16)24-21(27)26-19-12-22-11-18-20(19)23-13-17(25-18)14-5-3-2-4-6-14/h2-13H,1H3,(H2,24,26,27). The van der Waals surface area contributed by atoms with Crippen LogP contribution in [0.2, 0.25) is 0 Å². The zero-order valence-corrected chi connectivity index (χ0v) is 15.1. The Morgan fingerprint density at radius 3 is 2.46 bits per heavy atom. The van der Waals surface area contributed by atoms with E-state index < -0.39 is 6.03 Å². The third kappa shape index (κ3) is 3.73. The number of carbonyl (C=O) groups is 1. The summed E-state index contributed by atoms with van der Waals surface area (Å²) in [6, 6.07) is 16.4. The van der Waals surface area contributed by atoms with E-state index in [1.54, 1.807) is 50.0 Å². The van der Waals surface area contributed by atoms with Crippen LogP contribution in [0.1, 0.15) is 0 Å². The average molecular weight is 371 g/mol. The lowest BCUT2D eigenvalue weighted by Crippen LogP contribution is -2.19. The number of ether oxygens (including phenoxy) is 1. The predicted octanol–water partition coefficient (Wildman–Crippen LogP) is 4.34. The highest BCUT2D eigenvalue weighted by atomic mass is 16.5. The Morgan fingerprint density at radius 2 is 1.71 bits per heavy atom. The lowest BCUT2D eigenvalue weighted by atomic mass is 10.1. The van der Waals surface area contributed by atoms with Crippen LogP contribution in [-0.2, 0) is 0 Å². The molecule has 2 N–H and O–H groups in total. The number of hydrogen-bond acceptors (Lipinski definition) is 5. The zero-order valence-electron chi connectivity index (χ0n) is 15.1. The molecule has 0 saturated heterocycles. The first-order chi connectivity index (χ1) is 13.7. The first-order valence-electron chi connectivity index (χ1n) is 8.61. The molecule has 7 nitrogen and oxygen atoms in total. The van der Waals surface area contributed by atoms with Crippen LogP contribution in [-0.4, -0.2) is 28.1 Å². The van der Waals surface area contributed by atoms with E-state index in [1.165, 1.54) is 0 Å². The van der Waals surface area contributed by atoms with Gasteiger partial charge in [-0.15, -0.1) is 0 Å². The molecular weight excluding hydrogens is 354 g/mol. The maximum absolute atomic E-state index is 12.3. The first kappa shape index (κ1) is 17.4. The Balaban J connectivity index is 1.55. The molecule has 0 spiro atoms. The molecule has 4 aromatic rings. The van der Waals surface area contributed by atoms with E-state index in [0.717, 1.165) is 11.3 Å². The van der Waals surface area contributed by atoms with Crippen molar-refractivity contribution in [2.24, 2.45) is 0 Å². The minimum atomic E-state index is -0.395. The molecule has 0 bridgehead atoms. The third-order valence-electron chi connectivity index (χ3n) is 4.12. The fourth-order valence-electron chi connectivity index (χ4n) is 2.74. The van der Waals surface area contributed by atoms with Gasteiger partial charge in [0, 0.05) is 11.3 Å². The maximum atomic E-state index is 12.3. The van der Waals surface area contributed by atoms with Gasteiger partial charge in [0.05, 0.1) is 37.1 Å². The van der Waals surface area contributed by atoms with E-state index >= 15 is 0 Å². The molecule has 0 atom stereocenters. The second-order valence-electron chi connectivity index (χ2n) is 5.98. The molecule has 28 heavy (non-hydrogen) atoms. The number of nitrogens with one attached hydrogen (secondary N) is 2. The van der Waals surface area contributed by atoms with Gasteiger partial charge in [0.25, 0.3) is 0 Å². The molecule has 0 aliphatic heterocycles. The summed E-state index contributed by atoms with van der Waals surface area (Å²) in [5, 5.41) is 5.54. The van der Waals surface area contributed by atoms with E-state index in [-0.39, 0.29) is 0 Å². The quantitative estimate of drug-likeness (QED) is 0.557. The van der Waals surface area contributed by atoms with E-state index in [2.05, 4.69) is 25.6 Å². The van der Waals surface area contributed by atoms with Crippen LogP contribution >= 0.6 is 0 Å². The molecule has 0 aliphatic carbocycles. The van der Waals surface area contributed by atoms with E-state index in [0.29, 0.717) is 28.2 Å². The van der Waals surface area contributed by atoms with Crippen molar-refractivity contribution in [3.05, 3.63) is 73.2 Å². The van der Waals surface area contributed by atoms with Crippen LogP contribution in [0.4, 0.5) is 16.2 Å². The van der Waals surface area contributed by atoms with Crippen molar-refractivity contribution in [1.29, 1.82) is 0 Å². The molecule has 4 rings (SSSR count).